The average molecular weight is 783 g/mol. The first-order chi connectivity index (χ1) is 26.3. The first-order valence-electron chi connectivity index (χ1n) is 18.2. The Labute approximate surface area is 325 Å². The molecule has 0 fully saturated rings. The Hall–Kier alpha value is -5.30. The standard InChI is InChI=1S/C41H37Cl2N5O7/c1-16(2)18(5)36(50)45-25-15-19-12-13-26(49)23(14-19)41-22-10-6-9-21(31(22)54-40(41)52)20-8-7-11-24-27(20)28(34(42)44-24)32-35(43)48-39(53-32)30-33(41)55-38(47-30)29(17(3)4)46-37(25)51/h6-14,16-18,25,29,40,44,49,52H,15H2,1-5H3,(H,45,50)(H,46,51)/t18?,25-,29-,40?,41-/m1/s1. The molecule has 0 saturated carbocycles. The van der Waals surface area contributed by atoms with Crippen LogP contribution in [0.4, 0.5) is 0 Å². The third-order valence-corrected chi connectivity index (χ3v) is 11.9. The lowest BCUT2D eigenvalue weighted by Gasteiger charge is -2.32. The van der Waals surface area contributed by atoms with Gasteiger partial charge < -0.3 is 39.4 Å². The van der Waals surface area contributed by atoms with Crippen molar-refractivity contribution >= 4 is 45.9 Å². The number of amides is 2. The van der Waals surface area contributed by atoms with Crippen molar-refractivity contribution in [3.8, 4) is 45.5 Å². The van der Waals surface area contributed by atoms with Gasteiger partial charge >= 0.3 is 0 Å². The van der Waals surface area contributed by atoms with E-state index in [0.29, 0.717) is 44.5 Å². The van der Waals surface area contributed by atoms with Crippen LogP contribution in [-0.2, 0) is 21.4 Å². The maximum atomic E-state index is 14.2. The first kappa shape index (κ1) is 35.4. The summed E-state index contributed by atoms with van der Waals surface area (Å²) < 4.78 is 19.8. The number of aromatic hydroxyl groups is 1. The van der Waals surface area contributed by atoms with E-state index in [2.05, 4.69) is 20.6 Å². The molecule has 5 N–H and O–H groups in total. The van der Waals surface area contributed by atoms with Crippen LogP contribution >= 0.6 is 23.2 Å². The van der Waals surface area contributed by atoms with E-state index < -0.39 is 29.7 Å². The Morgan fingerprint density at radius 1 is 1.00 bits per heavy atom. The monoisotopic (exact) mass is 781 g/mol. The topological polar surface area (TPSA) is 176 Å². The number of benzene rings is 3. The van der Waals surface area contributed by atoms with Crippen molar-refractivity contribution in [1.82, 2.24) is 25.6 Å². The van der Waals surface area contributed by atoms with Crippen LogP contribution in [0.1, 0.15) is 69.0 Å². The zero-order valence-corrected chi connectivity index (χ0v) is 32.0. The van der Waals surface area contributed by atoms with E-state index >= 15 is 0 Å². The second-order valence-electron chi connectivity index (χ2n) is 15.3. The maximum absolute atomic E-state index is 14.2. The van der Waals surface area contributed by atoms with E-state index in [-0.39, 0.29) is 80.7 Å². The van der Waals surface area contributed by atoms with Gasteiger partial charge in [0.15, 0.2) is 22.4 Å². The van der Waals surface area contributed by atoms with Crippen molar-refractivity contribution in [3.63, 3.8) is 0 Å². The van der Waals surface area contributed by atoms with Gasteiger partial charge in [0.1, 0.15) is 34.2 Å². The summed E-state index contributed by atoms with van der Waals surface area (Å²) in [6, 6.07) is 14.2. The van der Waals surface area contributed by atoms with Gasteiger partial charge in [-0.3, -0.25) is 9.59 Å². The minimum atomic E-state index is -1.78. The molecule has 282 valence electrons. The summed E-state index contributed by atoms with van der Waals surface area (Å²) in [6.45, 7) is 9.50. The summed E-state index contributed by atoms with van der Waals surface area (Å²) >= 11 is 13.8. The summed E-state index contributed by atoms with van der Waals surface area (Å²) in [6.07, 6.45) is -1.63. The molecule has 5 atom stereocenters. The number of hydrogen-bond donors (Lipinski definition) is 5. The highest BCUT2D eigenvalue weighted by molar-refractivity contribution is 6.37. The van der Waals surface area contributed by atoms with Gasteiger partial charge in [-0.25, -0.2) is 4.98 Å². The number of rotatable bonds is 4. The van der Waals surface area contributed by atoms with Gasteiger partial charge in [-0.1, -0.05) is 100 Å². The van der Waals surface area contributed by atoms with Crippen molar-refractivity contribution in [2.24, 2.45) is 17.8 Å². The van der Waals surface area contributed by atoms with Crippen LogP contribution < -0.4 is 15.4 Å². The molecule has 10 bridgehead atoms. The second kappa shape index (κ2) is 12.6. The number of para-hydroxylation sites is 1. The fourth-order valence-electron chi connectivity index (χ4n) is 8.09. The van der Waals surface area contributed by atoms with Crippen molar-refractivity contribution in [1.29, 1.82) is 0 Å². The Balaban J connectivity index is 1.40. The number of nitrogens with one attached hydrogen (secondary N) is 3. The average Bonchev–Trinajstić information content (AvgIpc) is 3.90. The van der Waals surface area contributed by atoms with E-state index in [9.17, 15) is 19.8 Å². The second-order valence-corrected chi connectivity index (χ2v) is 16.0. The van der Waals surface area contributed by atoms with Crippen LogP contribution in [-0.4, -0.2) is 49.3 Å². The van der Waals surface area contributed by atoms with Crippen LogP contribution in [0.2, 0.25) is 10.3 Å². The number of phenols is 1. The van der Waals surface area contributed by atoms with Gasteiger partial charge in [-0.15, -0.1) is 0 Å². The zero-order chi connectivity index (χ0) is 38.7. The van der Waals surface area contributed by atoms with Gasteiger partial charge in [-0.2, -0.15) is 4.98 Å². The number of nitrogens with zero attached hydrogens (tertiary/aromatic N) is 2. The lowest BCUT2D eigenvalue weighted by atomic mass is 9.70. The smallest absolute Gasteiger partial charge is 0.250 e. The van der Waals surface area contributed by atoms with Crippen LogP contribution in [0.25, 0.3) is 44.9 Å². The molecule has 6 aromatic rings. The van der Waals surface area contributed by atoms with Crippen molar-refractivity contribution in [2.75, 3.05) is 0 Å². The third kappa shape index (κ3) is 5.14. The van der Waals surface area contributed by atoms with Gasteiger partial charge in [0.25, 0.3) is 5.89 Å². The van der Waals surface area contributed by atoms with Crippen molar-refractivity contribution in [3.05, 3.63) is 93.2 Å². The van der Waals surface area contributed by atoms with Gasteiger partial charge in [-0.05, 0) is 35.1 Å². The number of carbonyl (C=O) groups excluding carboxylic acids is 2. The molecule has 2 amide bonds. The number of halogens is 2. The van der Waals surface area contributed by atoms with Crippen LogP contribution in [0.5, 0.6) is 11.5 Å². The molecular weight excluding hydrogens is 745 g/mol. The molecule has 14 heteroatoms. The normalized spacial score (nSPS) is 21.6. The molecule has 0 saturated heterocycles. The number of carbonyl (C=O) groups is 2. The fraction of sp³-hybridized carbons (Fsp3) is 0.317. The molecular formula is C41H37Cl2N5O7. The molecule has 2 unspecified atom stereocenters. The number of oxazole rings is 2. The quantitative estimate of drug-likeness (QED) is 0.120. The van der Waals surface area contributed by atoms with Gasteiger partial charge in [0, 0.05) is 39.9 Å². The van der Waals surface area contributed by atoms with Gasteiger partial charge in [0.05, 0.1) is 5.56 Å². The molecule has 55 heavy (non-hydrogen) atoms. The molecule has 3 aliphatic heterocycles. The maximum Gasteiger partial charge on any atom is 0.250 e. The molecule has 3 aliphatic rings. The highest BCUT2D eigenvalue weighted by Crippen LogP contribution is 2.59. The van der Waals surface area contributed by atoms with E-state index in [4.69, 9.17) is 41.8 Å². The summed E-state index contributed by atoms with van der Waals surface area (Å²) in [4.78, 5) is 40.5. The lowest BCUT2D eigenvalue weighted by molar-refractivity contribution is -0.132. The number of fused-ring (bicyclic) bond motifs is 8. The summed E-state index contributed by atoms with van der Waals surface area (Å²) in [5.41, 5.74) is 2.01. The zero-order valence-electron chi connectivity index (χ0n) is 30.5. The van der Waals surface area contributed by atoms with Crippen molar-refractivity contribution < 1.29 is 33.4 Å². The van der Waals surface area contributed by atoms with Crippen molar-refractivity contribution in [2.45, 2.75) is 64.8 Å². The van der Waals surface area contributed by atoms with Crippen LogP contribution in [0, 0.1) is 17.8 Å². The molecule has 0 aliphatic carbocycles. The first-order valence-corrected chi connectivity index (χ1v) is 18.9. The number of phenolic OH excluding ortho intramolecular Hbond substituents is 1. The predicted octanol–water partition coefficient (Wildman–Crippen LogP) is 7.66. The Morgan fingerprint density at radius 3 is 2.53 bits per heavy atom. The van der Waals surface area contributed by atoms with Crippen LogP contribution in [0.15, 0.2) is 63.4 Å². The molecule has 3 aromatic heterocycles. The van der Waals surface area contributed by atoms with Gasteiger partial charge in [0.2, 0.25) is 24.0 Å². The van der Waals surface area contributed by atoms with E-state index in [0.717, 1.165) is 0 Å². The number of aliphatic hydroxyl groups excluding tert-OH is 1. The molecule has 9 rings (SSSR count). The van der Waals surface area contributed by atoms with Crippen LogP contribution in [0.3, 0.4) is 0 Å². The summed E-state index contributed by atoms with van der Waals surface area (Å²) in [5, 5.41) is 31.4. The largest absolute Gasteiger partial charge is 0.508 e. The number of aromatic amines is 1. The molecule has 0 radical (unpaired) electrons. The third-order valence-electron chi connectivity index (χ3n) is 11.3. The number of H-pyrrole nitrogens is 1. The molecule has 1 spiro atoms. The highest BCUT2D eigenvalue weighted by Gasteiger charge is 2.58. The molecule has 6 heterocycles. The predicted molar refractivity (Wildman–Crippen MR) is 205 cm³/mol. The minimum absolute atomic E-state index is 0.000534. The highest BCUT2D eigenvalue weighted by atomic mass is 35.5. The number of aromatic nitrogens is 3. The molecule has 3 aromatic carbocycles. The Bertz CT molecular complexity index is 2570. The van der Waals surface area contributed by atoms with E-state index in [1.807, 2.05) is 71.0 Å². The molecule has 12 nitrogen and oxygen atoms in total. The van der Waals surface area contributed by atoms with E-state index in [1.165, 1.54) is 6.07 Å². The Morgan fingerprint density at radius 2 is 1.76 bits per heavy atom. The summed E-state index contributed by atoms with van der Waals surface area (Å²) in [5.74, 6) is -0.984. The Kier molecular flexibility index (Phi) is 8.12. The summed E-state index contributed by atoms with van der Waals surface area (Å²) in [7, 11) is 0. The number of ether oxygens (including phenoxy) is 1. The number of hydrogen-bond acceptors (Lipinski definition) is 9. The fourth-order valence-corrected chi connectivity index (χ4v) is 8.58. The van der Waals surface area contributed by atoms with E-state index in [1.54, 1.807) is 12.1 Å². The SMILES string of the molecule is CC(C)C(C)C(=O)N[C@@H]1Cc2ccc(O)c(c2)[C@@]23c4cccc(c4OC2O)-c2cccc4[nH]c(Cl)c(c24)-c2oc(nc2Cl)-c2nc(oc23)[C@@H](C(C)C)NC1=O. The lowest BCUT2D eigenvalue weighted by Crippen LogP contribution is -2.51. The minimum Gasteiger partial charge on any atom is -0.508 e. The number of aliphatic hydroxyl groups is 1.